The third-order valence-electron chi connectivity index (χ3n) is 5.25. The molecule has 29 heavy (non-hydrogen) atoms. The minimum atomic E-state index is -0.402. The number of nitrogens with zero attached hydrogens (tertiary/aromatic N) is 3. The molecule has 2 heterocycles. The molecule has 148 valence electrons. The van der Waals surface area contributed by atoms with Crippen molar-refractivity contribution in [3.8, 4) is 5.75 Å². The third-order valence-corrected chi connectivity index (χ3v) is 5.49. The lowest BCUT2D eigenvalue weighted by Crippen LogP contribution is -2.27. The number of halogens is 1. The number of pyridine rings is 1. The molecule has 1 N–H and O–H groups in total. The Balaban J connectivity index is 1.54. The van der Waals surface area contributed by atoms with Gasteiger partial charge in [0, 0.05) is 16.6 Å². The number of benzene rings is 1. The summed E-state index contributed by atoms with van der Waals surface area (Å²) in [5, 5.41) is 3.40. The first-order chi connectivity index (χ1) is 14.0. The molecule has 7 heteroatoms. The van der Waals surface area contributed by atoms with Crippen molar-refractivity contribution in [3.63, 3.8) is 0 Å². The van der Waals surface area contributed by atoms with Gasteiger partial charge in [0.15, 0.2) is 5.75 Å². The van der Waals surface area contributed by atoms with E-state index >= 15 is 0 Å². The van der Waals surface area contributed by atoms with Gasteiger partial charge in [0.25, 0.3) is 0 Å². The van der Waals surface area contributed by atoms with Gasteiger partial charge < -0.3 is 10.1 Å². The van der Waals surface area contributed by atoms with Crippen LogP contribution in [0.1, 0.15) is 23.5 Å². The van der Waals surface area contributed by atoms with Gasteiger partial charge in [-0.05, 0) is 38.0 Å². The summed E-state index contributed by atoms with van der Waals surface area (Å²) in [4.78, 5) is 25.6. The second kappa shape index (κ2) is 7.79. The summed E-state index contributed by atoms with van der Waals surface area (Å²) >= 11 is 6.00. The largest absolute Gasteiger partial charge is 0.489 e. The van der Waals surface area contributed by atoms with Gasteiger partial charge in [-0.15, -0.1) is 0 Å². The van der Waals surface area contributed by atoms with E-state index in [9.17, 15) is 4.79 Å². The first kappa shape index (κ1) is 19.3. The van der Waals surface area contributed by atoms with Crippen molar-refractivity contribution < 1.29 is 9.53 Å². The summed E-state index contributed by atoms with van der Waals surface area (Å²) in [5.41, 5.74) is 1.46. The first-order valence-electron chi connectivity index (χ1n) is 9.39. The average Bonchev–Trinajstić information content (AvgIpc) is 3.44. The molecule has 1 aromatic carbocycles. The Bertz CT molecular complexity index is 1040. The monoisotopic (exact) mass is 408 g/mol. The van der Waals surface area contributed by atoms with E-state index < -0.39 is 5.41 Å². The molecule has 1 fully saturated rings. The molecule has 2 aromatic heterocycles. The fourth-order valence-corrected chi connectivity index (χ4v) is 3.75. The van der Waals surface area contributed by atoms with Crippen LogP contribution in [0, 0.1) is 19.8 Å². The predicted octanol–water partition coefficient (Wildman–Crippen LogP) is 4.12. The summed E-state index contributed by atoms with van der Waals surface area (Å²) in [5.74, 6) is 1.46. The van der Waals surface area contributed by atoms with Gasteiger partial charge in [0.2, 0.25) is 5.91 Å². The van der Waals surface area contributed by atoms with Gasteiger partial charge in [-0.25, -0.2) is 15.0 Å². The number of carbonyl (C=O) groups excluding carboxylic acids is 1. The van der Waals surface area contributed by atoms with E-state index in [0.717, 1.165) is 11.3 Å². The van der Waals surface area contributed by atoms with Gasteiger partial charge in [0.1, 0.15) is 11.6 Å². The lowest BCUT2D eigenvalue weighted by atomic mass is 9.93. The molecule has 1 saturated carbocycles. The fraction of sp³-hybridized carbons (Fsp3) is 0.273. The highest BCUT2D eigenvalue weighted by molar-refractivity contribution is 6.30. The number of carbonyl (C=O) groups is 1. The third kappa shape index (κ3) is 4.07. The van der Waals surface area contributed by atoms with Crippen molar-refractivity contribution in [3.05, 3.63) is 77.0 Å². The van der Waals surface area contributed by atoms with Gasteiger partial charge in [-0.3, -0.25) is 4.79 Å². The van der Waals surface area contributed by atoms with E-state index in [1.807, 2.05) is 44.2 Å². The highest BCUT2D eigenvalue weighted by Crippen LogP contribution is 2.55. The predicted molar refractivity (Wildman–Crippen MR) is 111 cm³/mol. The lowest BCUT2D eigenvalue weighted by molar-refractivity contribution is -0.117. The second-order valence-electron chi connectivity index (χ2n) is 7.28. The molecule has 1 aliphatic carbocycles. The SMILES string of the molecule is Cc1ncc(OC[C@@]2(c3ccccc3)C[C@H]2C(=O)Nc2cc(Cl)ccn2)c(C)n1. The van der Waals surface area contributed by atoms with Crippen LogP contribution in [0.25, 0.3) is 0 Å². The Morgan fingerprint density at radius 2 is 2.03 bits per heavy atom. The van der Waals surface area contributed by atoms with Crippen molar-refractivity contribution in [1.82, 2.24) is 15.0 Å². The zero-order valence-corrected chi connectivity index (χ0v) is 17.0. The summed E-state index contributed by atoms with van der Waals surface area (Å²) in [6.07, 6.45) is 3.94. The Morgan fingerprint density at radius 3 is 2.76 bits per heavy atom. The molecule has 0 radical (unpaired) electrons. The minimum Gasteiger partial charge on any atom is -0.489 e. The van der Waals surface area contributed by atoms with Crippen molar-refractivity contribution in [2.75, 3.05) is 11.9 Å². The van der Waals surface area contributed by atoms with E-state index in [1.165, 1.54) is 0 Å². The molecule has 2 atom stereocenters. The average molecular weight is 409 g/mol. The Hall–Kier alpha value is -2.99. The number of amides is 1. The topological polar surface area (TPSA) is 77.0 Å². The molecule has 4 rings (SSSR count). The van der Waals surface area contributed by atoms with Crippen molar-refractivity contribution in [2.24, 2.45) is 5.92 Å². The molecular weight excluding hydrogens is 388 g/mol. The van der Waals surface area contributed by atoms with Crippen molar-refractivity contribution in [2.45, 2.75) is 25.7 Å². The van der Waals surface area contributed by atoms with Crippen molar-refractivity contribution >= 4 is 23.3 Å². The smallest absolute Gasteiger partial charge is 0.229 e. The fourth-order valence-electron chi connectivity index (χ4n) is 3.59. The zero-order valence-electron chi connectivity index (χ0n) is 16.2. The summed E-state index contributed by atoms with van der Waals surface area (Å²) in [6.45, 7) is 4.10. The van der Waals surface area contributed by atoms with Crippen LogP contribution in [0.15, 0.2) is 54.9 Å². The Morgan fingerprint density at radius 1 is 1.24 bits per heavy atom. The summed E-state index contributed by atoms with van der Waals surface area (Å²) < 4.78 is 6.08. The van der Waals surface area contributed by atoms with Crippen LogP contribution >= 0.6 is 11.6 Å². The van der Waals surface area contributed by atoms with E-state index in [4.69, 9.17) is 16.3 Å². The first-order valence-corrected chi connectivity index (χ1v) is 9.77. The number of aryl methyl sites for hydroxylation is 2. The van der Waals surface area contributed by atoms with Crippen LogP contribution in [-0.4, -0.2) is 27.5 Å². The van der Waals surface area contributed by atoms with E-state index in [2.05, 4.69) is 20.3 Å². The summed E-state index contributed by atoms with van der Waals surface area (Å²) in [7, 11) is 0. The summed E-state index contributed by atoms with van der Waals surface area (Å²) in [6, 6.07) is 13.3. The Labute approximate surface area is 174 Å². The van der Waals surface area contributed by atoms with Crippen molar-refractivity contribution in [1.29, 1.82) is 0 Å². The lowest BCUT2D eigenvalue weighted by Gasteiger charge is -2.19. The Kier molecular flexibility index (Phi) is 5.20. The van der Waals surface area contributed by atoms with E-state index in [1.54, 1.807) is 24.5 Å². The van der Waals surface area contributed by atoms with E-state index in [-0.39, 0.29) is 11.8 Å². The number of aromatic nitrogens is 3. The van der Waals surface area contributed by atoms with Crippen LogP contribution < -0.4 is 10.1 Å². The van der Waals surface area contributed by atoms with Gasteiger partial charge in [0.05, 0.1) is 24.4 Å². The van der Waals surface area contributed by atoms with Gasteiger partial charge >= 0.3 is 0 Å². The molecule has 0 unspecified atom stereocenters. The molecule has 1 amide bonds. The number of nitrogens with one attached hydrogen (secondary N) is 1. The number of hydrogen-bond acceptors (Lipinski definition) is 5. The number of hydrogen-bond donors (Lipinski definition) is 1. The second-order valence-corrected chi connectivity index (χ2v) is 7.72. The molecule has 0 bridgehead atoms. The highest BCUT2D eigenvalue weighted by atomic mass is 35.5. The molecule has 0 saturated heterocycles. The maximum Gasteiger partial charge on any atom is 0.229 e. The maximum atomic E-state index is 12.9. The highest BCUT2D eigenvalue weighted by Gasteiger charge is 2.60. The maximum absolute atomic E-state index is 12.9. The van der Waals surface area contributed by atoms with Crippen LogP contribution in [0.2, 0.25) is 5.02 Å². The number of rotatable bonds is 6. The van der Waals surface area contributed by atoms with Gasteiger partial charge in [-0.1, -0.05) is 41.9 Å². The van der Waals surface area contributed by atoms with Crippen LogP contribution in [0.5, 0.6) is 5.75 Å². The normalized spacial score (nSPS) is 20.2. The molecule has 1 aliphatic rings. The molecule has 0 aliphatic heterocycles. The molecule has 3 aromatic rings. The number of ether oxygens (including phenoxy) is 1. The van der Waals surface area contributed by atoms with E-state index in [0.29, 0.717) is 35.4 Å². The van der Waals surface area contributed by atoms with Crippen LogP contribution in [0.3, 0.4) is 0 Å². The quantitative estimate of drug-likeness (QED) is 0.664. The van der Waals surface area contributed by atoms with Crippen LogP contribution in [-0.2, 0) is 10.2 Å². The van der Waals surface area contributed by atoms with Crippen LogP contribution in [0.4, 0.5) is 5.82 Å². The standard InChI is InChI=1S/C22H21ClN4O2/c1-14-19(12-25-15(2)26-14)29-13-22(16-6-4-3-5-7-16)11-18(22)21(28)27-20-10-17(23)8-9-24-20/h3-10,12,18H,11,13H2,1-2H3,(H,24,27,28)/t18-,22+/m0/s1. The molecule has 0 spiro atoms. The molecule has 6 nitrogen and oxygen atoms in total. The minimum absolute atomic E-state index is 0.0934. The zero-order chi connectivity index (χ0) is 20.4. The van der Waals surface area contributed by atoms with Gasteiger partial charge in [-0.2, -0.15) is 0 Å². The number of anilines is 1. The molecular formula is C22H21ClN4O2.